The number of carbonyl (C=O) groups excluding carboxylic acids is 2. The van der Waals surface area contributed by atoms with E-state index in [1.54, 1.807) is 4.90 Å². The van der Waals surface area contributed by atoms with Crippen molar-refractivity contribution in [2.45, 2.75) is 25.8 Å². The van der Waals surface area contributed by atoms with E-state index in [1.165, 1.54) is 7.11 Å². The van der Waals surface area contributed by atoms with Crippen LogP contribution in [0.2, 0.25) is 0 Å². The summed E-state index contributed by atoms with van der Waals surface area (Å²) < 4.78 is 6.19. The third-order valence-corrected chi connectivity index (χ3v) is 7.32. The fraction of sp³-hybridized carbons (Fsp3) is 0.250. The van der Waals surface area contributed by atoms with E-state index in [0.29, 0.717) is 12.2 Å². The molecule has 0 fully saturated rings. The molecule has 4 rings (SSSR count). The van der Waals surface area contributed by atoms with Crippen LogP contribution >= 0.6 is 0 Å². The third kappa shape index (κ3) is 3.81. The van der Waals surface area contributed by atoms with Crippen LogP contribution in [0, 0.1) is 0 Å². The van der Waals surface area contributed by atoms with Gasteiger partial charge in [0, 0.05) is 0 Å². The first-order chi connectivity index (χ1) is 14.6. The van der Waals surface area contributed by atoms with E-state index in [4.69, 9.17) is 4.74 Å². The number of hydrogen-bond donors (Lipinski definition) is 1. The van der Waals surface area contributed by atoms with Gasteiger partial charge in [0.2, 0.25) is 0 Å². The molecular weight excluding hydrogens is 443 g/mol. The molecule has 1 amide bonds. The number of aromatic amines is 1. The van der Waals surface area contributed by atoms with Gasteiger partial charge in [-0.3, -0.25) is 0 Å². The van der Waals surface area contributed by atoms with E-state index in [0.717, 1.165) is 39.3 Å². The monoisotopic (exact) mass is 468 g/mol. The van der Waals surface area contributed by atoms with Crippen LogP contribution in [0.4, 0.5) is 4.79 Å². The average Bonchev–Trinajstić information content (AvgIpc) is 3.18. The summed E-state index contributed by atoms with van der Waals surface area (Å²) >= 11 is -0.363. The van der Waals surface area contributed by atoms with Crippen LogP contribution in [0.3, 0.4) is 0 Å². The molecule has 1 atom stereocenters. The molecule has 1 aliphatic heterocycles. The Morgan fingerprint density at radius 1 is 1.13 bits per heavy atom. The Bertz CT molecular complexity index is 1100. The minimum absolute atomic E-state index is 0.0748. The molecule has 1 aromatic heterocycles. The number of rotatable bonds is 5. The molecule has 0 spiro atoms. The molecule has 1 unspecified atom stereocenters. The van der Waals surface area contributed by atoms with Gasteiger partial charge in [-0.05, 0) is 0 Å². The second-order valence-corrected chi connectivity index (χ2v) is 9.34. The van der Waals surface area contributed by atoms with Crippen LogP contribution < -0.4 is 4.46 Å². The second-order valence-electron chi connectivity index (χ2n) is 7.15. The molecule has 2 heterocycles. The fourth-order valence-corrected chi connectivity index (χ4v) is 5.69. The van der Waals surface area contributed by atoms with Crippen LogP contribution in [0.1, 0.15) is 41.9 Å². The number of fused-ring (bicyclic) bond motifs is 1. The Labute approximate surface area is 182 Å². The van der Waals surface area contributed by atoms with Crippen molar-refractivity contribution in [1.29, 1.82) is 0 Å². The molecule has 0 saturated carbocycles. The van der Waals surface area contributed by atoms with E-state index in [-0.39, 0.29) is 31.8 Å². The molecule has 3 aromatic rings. The van der Waals surface area contributed by atoms with Crippen LogP contribution in [0.5, 0.6) is 0 Å². The van der Waals surface area contributed by atoms with E-state index < -0.39 is 0 Å². The van der Waals surface area contributed by atoms with E-state index in [1.807, 2.05) is 54.6 Å². The number of methoxy groups -OCH3 is 1. The summed E-state index contributed by atoms with van der Waals surface area (Å²) in [6, 6.07) is 17.4. The number of nitrogens with zero attached hydrogens (tertiary/aromatic N) is 1. The van der Waals surface area contributed by atoms with Crippen molar-refractivity contribution in [2.24, 2.45) is 0 Å². The Morgan fingerprint density at radius 2 is 1.87 bits per heavy atom. The molecule has 1 aliphatic rings. The van der Waals surface area contributed by atoms with E-state index in [9.17, 15) is 9.59 Å². The van der Waals surface area contributed by atoms with Gasteiger partial charge >= 0.3 is 182 Å². The number of amides is 1. The van der Waals surface area contributed by atoms with Gasteiger partial charge in [0.15, 0.2) is 0 Å². The first-order valence-corrected chi connectivity index (χ1v) is 11.8. The predicted octanol–water partition coefficient (Wildman–Crippen LogP) is 4.19. The van der Waals surface area contributed by atoms with Crippen LogP contribution in [-0.4, -0.2) is 49.3 Å². The van der Waals surface area contributed by atoms with Gasteiger partial charge in [0.1, 0.15) is 0 Å². The molecule has 0 saturated heterocycles. The molecule has 6 heteroatoms. The molecule has 2 aromatic carbocycles. The minimum atomic E-state index is -0.365. The summed E-state index contributed by atoms with van der Waals surface area (Å²) in [4.78, 5) is 31.2. The van der Waals surface area contributed by atoms with Gasteiger partial charge in [-0.25, -0.2) is 0 Å². The van der Waals surface area contributed by atoms with Crippen molar-refractivity contribution in [3.8, 4) is 0 Å². The SMILES string of the molecule is CCC1=CCCN(C(=O)OC)C1c1c(C(=O)[Se]c2ccccc2)[nH]c2ccccc12. The van der Waals surface area contributed by atoms with Crippen molar-refractivity contribution in [3.63, 3.8) is 0 Å². The van der Waals surface area contributed by atoms with Crippen LogP contribution in [0.25, 0.3) is 10.9 Å². The fourth-order valence-electron chi connectivity index (χ4n) is 4.08. The van der Waals surface area contributed by atoms with Gasteiger partial charge in [-0.15, -0.1) is 0 Å². The topological polar surface area (TPSA) is 62.4 Å². The van der Waals surface area contributed by atoms with Crippen molar-refractivity contribution in [2.75, 3.05) is 13.7 Å². The Morgan fingerprint density at radius 3 is 2.60 bits per heavy atom. The normalized spacial score (nSPS) is 16.4. The predicted molar refractivity (Wildman–Crippen MR) is 119 cm³/mol. The van der Waals surface area contributed by atoms with Crippen molar-refractivity contribution < 1.29 is 14.3 Å². The molecular formula is C24H24N2O3Se. The molecule has 30 heavy (non-hydrogen) atoms. The number of hydrogen-bond acceptors (Lipinski definition) is 3. The van der Waals surface area contributed by atoms with Crippen molar-refractivity contribution in [3.05, 3.63) is 77.5 Å². The molecule has 5 nitrogen and oxygen atoms in total. The quantitative estimate of drug-likeness (QED) is 0.452. The van der Waals surface area contributed by atoms with Crippen molar-refractivity contribution in [1.82, 2.24) is 9.88 Å². The molecule has 154 valence electrons. The summed E-state index contributed by atoms with van der Waals surface area (Å²) in [6.45, 7) is 2.65. The number of aromatic nitrogens is 1. The summed E-state index contributed by atoms with van der Waals surface area (Å²) in [5.41, 5.74) is 3.52. The Hall–Kier alpha value is -2.82. The molecule has 1 N–H and O–H groups in total. The van der Waals surface area contributed by atoms with E-state index >= 15 is 0 Å². The number of carbonyl (C=O) groups is 2. The number of para-hydroxylation sites is 1. The number of benzene rings is 2. The second kappa shape index (κ2) is 8.90. The van der Waals surface area contributed by atoms with Gasteiger partial charge in [-0.1, -0.05) is 0 Å². The van der Waals surface area contributed by atoms with Crippen LogP contribution in [0.15, 0.2) is 66.2 Å². The standard InChI is InChI=1S/C24H24N2O3Se/c1-3-16-10-9-15-26(24(28)29-2)22(16)20-18-13-7-8-14-19(18)25-21(20)23(27)30-17-11-5-4-6-12-17/h4-8,10-14,22,25H,3,9,15H2,1-2H3. The zero-order chi connectivity index (χ0) is 21.1. The summed E-state index contributed by atoms with van der Waals surface area (Å²) in [5.74, 6) is 0. The maximum absolute atomic E-state index is 13.4. The average molecular weight is 467 g/mol. The van der Waals surface area contributed by atoms with Gasteiger partial charge in [0.05, 0.1) is 0 Å². The molecule has 0 radical (unpaired) electrons. The van der Waals surface area contributed by atoms with Crippen LogP contribution in [-0.2, 0) is 4.74 Å². The summed E-state index contributed by atoms with van der Waals surface area (Å²) in [5, 5.41) is 0.977. The first kappa shape index (κ1) is 20.5. The Balaban J connectivity index is 1.86. The van der Waals surface area contributed by atoms with Crippen molar-refractivity contribution >= 4 is 41.1 Å². The molecule has 0 aliphatic carbocycles. The zero-order valence-corrected chi connectivity index (χ0v) is 18.8. The molecule has 0 bridgehead atoms. The van der Waals surface area contributed by atoms with E-state index in [2.05, 4.69) is 18.0 Å². The van der Waals surface area contributed by atoms with Gasteiger partial charge in [0.25, 0.3) is 0 Å². The van der Waals surface area contributed by atoms with Gasteiger partial charge in [-0.2, -0.15) is 0 Å². The summed E-state index contributed by atoms with van der Waals surface area (Å²) in [7, 11) is 1.41. The number of nitrogens with one attached hydrogen (secondary N) is 1. The number of H-pyrrole nitrogens is 1. The zero-order valence-electron chi connectivity index (χ0n) is 17.1. The third-order valence-electron chi connectivity index (χ3n) is 5.43. The van der Waals surface area contributed by atoms with Gasteiger partial charge < -0.3 is 0 Å². The Kier molecular flexibility index (Phi) is 6.07. The summed E-state index contributed by atoms with van der Waals surface area (Å²) in [6.07, 6.45) is 3.42. The first-order valence-electron chi connectivity index (χ1n) is 10.0. The maximum atomic E-state index is 13.4. The number of ether oxygens (including phenoxy) is 1.